The molecule has 2 unspecified atom stereocenters. The second-order valence-electron chi connectivity index (χ2n) is 10.2. The number of rotatable bonds is 9. The van der Waals surface area contributed by atoms with Crippen LogP contribution in [0.2, 0.25) is 0 Å². The van der Waals surface area contributed by atoms with Crippen LogP contribution in [0.5, 0.6) is 0 Å². The summed E-state index contributed by atoms with van der Waals surface area (Å²) >= 11 is 0. The van der Waals surface area contributed by atoms with Gasteiger partial charge in [-0.05, 0) is 53.4 Å². The number of hydrogen-bond donors (Lipinski definition) is 0. The Balaban J connectivity index is 1.92. The van der Waals surface area contributed by atoms with Gasteiger partial charge in [-0.3, -0.25) is 0 Å². The number of aryl methyl sites for hydroxylation is 1. The van der Waals surface area contributed by atoms with Crippen molar-refractivity contribution in [3.63, 3.8) is 0 Å². The Labute approximate surface area is 212 Å². The molecule has 0 radical (unpaired) electrons. The van der Waals surface area contributed by atoms with E-state index in [4.69, 9.17) is 0 Å². The highest BCUT2D eigenvalue weighted by atomic mass is 32.2. The Hall–Kier alpha value is -2.72. The molecule has 1 aliphatic carbocycles. The van der Waals surface area contributed by atoms with Crippen molar-refractivity contribution in [2.45, 2.75) is 45.6 Å². The van der Waals surface area contributed by atoms with Crippen LogP contribution >= 0.6 is 0 Å². The van der Waals surface area contributed by atoms with Gasteiger partial charge in [0, 0.05) is 33.4 Å². The van der Waals surface area contributed by atoms with Crippen molar-refractivity contribution in [1.29, 1.82) is 0 Å². The van der Waals surface area contributed by atoms with Gasteiger partial charge in [-0.2, -0.15) is 14.5 Å². The number of halogens is 2. The first-order valence-electron chi connectivity index (χ1n) is 11.9. The van der Waals surface area contributed by atoms with Gasteiger partial charge < -0.3 is 4.57 Å². The maximum Gasteiger partial charge on any atom is 0.262 e. The molecule has 0 aliphatic heterocycles. The van der Waals surface area contributed by atoms with Gasteiger partial charge in [-0.25, -0.2) is 22.2 Å². The van der Waals surface area contributed by atoms with Crippen LogP contribution in [-0.4, -0.2) is 42.4 Å². The summed E-state index contributed by atoms with van der Waals surface area (Å²) in [7, 11) is -0.592. The highest BCUT2D eigenvalue weighted by molar-refractivity contribution is 7.89. The smallest absolute Gasteiger partial charge is 0.262 e. The molecule has 0 saturated heterocycles. The SMILES string of the molecule is C=C(/C=C(\N=NC)c1c(F)cccc1F)C1CCC(C)(CN(CC)S(=O)(=O)c2cn(C)cn2)C1(C)C. The molecule has 0 bridgehead atoms. The molecule has 1 heterocycles. The van der Waals surface area contributed by atoms with Crippen LogP contribution in [0, 0.1) is 28.4 Å². The monoisotopic (exact) mass is 519 g/mol. The van der Waals surface area contributed by atoms with Crippen LogP contribution in [0.1, 0.15) is 46.1 Å². The average molecular weight is 520 g/mol. The summed E-state index contributed by atoms with van der Waals surface area (Å²) in [6.07, 6.45) is 6.06. The summed E-state index contributed by atoms with van der Waals surface area (Å²) < 4.78 is 58.6. The van der Waals surface area contributed by atoms with E-state index in [1.165, 1.54) is 42.1 Å². The molecule has 10 heteroatoms. The Kier molecular flexibility index (Phi) is 8.00. The molecule has 36 heavy (non-hydrogen) atoms. The number of hydrogen-bond acceptors (Lipinski definition) is 5. The van der Waals surface area contributed by atoms with Crippen LogP contribution in [0.4, 0.5) is 8.78 Å². The van der Waals surface area contributed by atoms with E-state index in [9.17, 15) is 17.2 Å². The second kappa shape index (κ2) is 10.3. The maximum absolute atomic E-state index is 14.5. The Morgan fingerprint density at radius 1 is 1.31 bits per heavy atom. The first-order valence-corrected chi connectivity index (χ1v) is 13.4. The Morgan fingerprint density at radius 3 is 2.47 bits per heavy atom. The van der Waals surface area contributed by atoms with Crippen molar-refractivity contribution in [3.05, 3.63) is 66.1 Å². The molecule has 1 aliphatic rings. The Bertz CT molecular complexity index is 1280. The fourth-order valence-corrected chi connectivity index (χ4v) is 6.73. The highest BCUT2D eigenvalue weighted by Gasteiger charge is 2.53. The first-order chi connectivity index (χ1) is 16.8. The van der Waals surface area contributed by atoms with Gasteiger partial charge in [0.05, 0.1) is 17.6 Å². The maximum atomic E-state index is 14.5. The van der Waals surface area contributed by atoms with Gasteiger partial charge in [-0.15, -0.1) is 0 Å². The number of allylic oxidation sites excluding steroid dienone is 2. The Morgan fingerprint density at radius 2 is 1.94 bits per heavy atom. The lowest BCUT2D eigenvalue weighted by Gasteiger charge is -2.44. The minimum atomic E-state index is -3.76. The molecule has 2 atom stereocenters. The van der Waals surface area contributed by atoms with Crippen molar-refractivity contribution in [2.24, 2.45) is 34.0 Å². The summed E-state index contributed by atoms with van der Waals surface area (Å²) in [4.78, 5) is 4.06. The van der Waals surface area contributed by atoms with Crippen LogP contribution in [0.3, 0.4) is 0 Å². The fourth-order valence-electron chi connectivity index (χ4n) is 5.19. The molecule has 1 fully saturated rings. The zero-order chi connectivity index (χ0) is 26.9. The molecule has 1 aromatic heterocycles. The second-order valence-corrected chi connectivity index (χ2v) is 12.1. The van der Waals surface area contributed by atoms with E-state index >= 15 is 0 Å². The van der Waals surface area contributed by atoms with E-state index < -0.39 is 21.7 Å². The van der Waals surface area contributed by atoms with E-state index in [0.717, 1.165) is 12.8 Å². The number of benzene rings is 1. The third kappa shape index (κ3) is 5.06. The standard InChI is InChI=1S/C26H35F2N5O2S/c1-8-33(36(34,35)23-15-32(7)17-30-23)16-26(5)13-12-19(25(26,3)4)18(2)14-22(31-29-6)24-20(27)10-9-11-21(24)28/h9-11,14-15,17,19H,2,8,12-13,16H2,1,3-7H3/b22-14-,31-29?. The van der Waals surface area contributed by atoms with Gasteiger partial charge in [0.15, 0.2) is 5.03 Å². The summed E-state index contributed by atoms with van der Waals surface area (Å²) in [6.45, 7) is 12.9. The largest absolute Gasteiger partial charge is 0.339 e. The van der Waals surface area contributed by atoms with Crippen molar-refractivity contribution in [2.75, 3.05) is 20.1 Å². The molecule has 1 saturated carbocycles. The zero-order valence-corrected chi connectivity index (χ0v) is 22.6. The zero-order valence-electron chi connectivity index (χ0n) is 21.8. The summed E-state index contributed by atoms with van der Waals surface area (Å²) in [6, 6.07) is 3.66. The summed E-state index contributed by atoms with van der Waals surface area (Å²) in [5, 5.41) is 7.76. The molecule has 1 aromatic carbocycles. The lowest BCUT2D eigenvalue weighted by molar-refractivity contribution is 0.0802. The van der Waals surface area contributed by atoms with E-state index in [-0.39, 0.29) is 33.0 Å². The predicted molar refractivity (Wildman–Crippen MR) is 137 cm³/mol. The minimum Gasteiger partial charge on any atom is -0.339 e. The summed E-state index contributed by atoms with van der Waals surface area (Å²) in [5.74, 6) is -1.51. The predicted octanol–water partition coefficient (Wildman–Crippen LogP) is 5.83. The third-order valence-corrected chi connectivity index (χ3v) is 9.58. The number of imidazole rings is 1. The topological polar surface area (TPSA) is 79.9 Å². The molecule has 0 amide bonds. The minimum absolute atomic E-state index is 0.0247. The van der Waals surface area contributed by atoms with Crippen molar-refractivity contribution < 1.29 is 17.2 Å². The number of aromatic nitrogens is 2. The van der Waals surface area contributed by atoms with Crippen molar-refractivity contribution in [1.82, 2.24) is 13.9 Å². The van der Waals surface area contributed by atoms with Crippen molar-refractivity contribution in [3.8, 4) is 0 Å². The number of nitrogens with zero attached hydrogens (tertiary/aromatic N) is 5. The van der Waals surface area contributed by atoms with Gasteiger partial charge >= 0.3 is 0 Å². The quantitative estimate of drug-likeness (QED) is 0.309. The number of sulfonamides is 1. The molecule has 0 N–H and O–H groups in total. The van der Waals surface area contributed by atoms with Crippen LogP contribution in [0.25, 0.3) is 5.70 Å². The molecule has 7 nitrogen and oxygen atoms in total. The highest BCUT2D eigenvalue weighted by Crippen LogP contribution is 2.58. The molecule has 196 valence electrons. The molecule has 0 spiro atoms. The van der Waals surface area contributed by atoms with Gasteiger partial charge in [0.25, 0.3) is 10.0 Å². The molecule has 3 rings (SSSR count). The van der Waals surface area contributed by atoms with Crippen LogP contribution in [-0.2, 0) is 17.1 Å². The first kappa shape index (κ1) is 27.9. The molecular formula is C26H35F2N5O2S. The lowest BCUT2D eigenvalue weighted by Crippen LogP contribution is -2.46. The molecular weight excluding hydrogens is 484 g/mol. The van der Waals surface area contributed by atoms with E-state index in [0.29, 0.717) is 18.7 Å². The average Bonchev–Trinajstić information content (AvgIpc) is 3.33. The number of azo groups is 1. The van der Waals surface area contributed by atoms with E-state index in [2.05, 4.69) is 42.6 Å². The van der Waals surface area contributed by atoms with Gasteiger partial charge in [0.2, 0.25) is 0 Å². The third-order valence-electron chi connectivity index (χ3n) is 7.77. The van der Waals surface area contributed by atoms with Crippen molar-refractivity contribution >= 4 is 15.7 Å². The summed E-state index contributed by atoms with van der Waals surface area (Å²) in [5.41, 5.74) is -0.279. The van der Waals surface area contributed by atoms with Crippen LogP contribution in [0.15, 0.2) is 64.2 Å². The van der Waals surface area contributed by atoms with Crippen LogP contribution < -0.4 is 0 Å². The van der Waals surface area contributed by atoms with Gasteiger partial charge in [0.1, 0.15) is 11.6 Å². The van der Waals surface area contributed by atoms with E-state index in [1.54, 1.807) is 17.7 Å². The van der Waals surface area contributed by atoms with E-state index in [1.807, 2.05) is 6.92 Å². The molecule has 2 aromatic rings. The lowest BCUT2D eigenvalue weighted by atomic mass is 9.64. The normalized spacial score (nSPS) is 22.6. The van der Waals surface area contributed by atoms with Gasteiger partial charge in [-0.1, -0.05) is 40.3 Å². The fraction of sp³-hybridized carbons (Fsp3) is 0.500.